The maximum Gasteiger partial charge on any atom is 0.232 e. The minimum Gasteiger partial charge on any atom is -0.240 e. The lowest BCUT2D eigenvalue weighted by Crippen LogP contribution is -2.01. The Labute approximate surface area is 829 Å². The van der Waals surface area contributed by atoms with Gasteiger partial charge in [0, 0.05) is 173 Å². The molecule has 0 atom stereocenters. The van der Waals surface area contributed by atoms with E-state index in [1.165, 1.54) is 5.56 Å². The number of nitrogens with zero attached hydrogens (tertiary/aromatic N) is 24. The van der Waals surface area contributed by atoms with Crippen molar-refractivity contribution in [2.75, 3.05) is 0 Å². The summed E-state index contributed by atoms with van der Waals surface area (Å²) >= 11 is 0. The molecule has 0 N–H and O–H groups in total. The minimum absolute atomic E-state index is 0.231. The number of nitriles is 6. The van der Waals surface area contributed by atoms with Gasteiger partial charge in [-0.2, -0.15) is 31.6 Å². The molecule has 17 rings (SSSR count). The van der Waals surface area contributed by atoms with Crippen molar-refractivity contribution in [1.82, 2.24) is 89.7 Å². The fourth-order valence-electron chi connectivity index (χ4n) is 12.5. The molecular formula is C117H116N24. The SMILES string of the molecule is CC(C)c1cnc(-c2ccc(C#N)cc2)nc1.CC(C)c1cnc(-c2cccc(C#N)c2)nc1.CC(C)c1cnc(-c2ccccc2)nc1.CC(C)c1cnc(C#N)nc1.CC(C)c1nc(-c2ccccc2)cc(-c2ccccc2)n1.CC(C)c1ncc(-c2ccc(C#N)cc2)cn1.CC(C)c1ncc(-c2cccc(C#N)c2)cn1.CC(C)c1ncc(-c2ccccc2)cn1.CC(C)c1ncc(C#N)cn1. The van der Waals surface area contributed by atoms with Crippen LogP contribution in [0.5, 0.6) is 0 Å². The van der Waals surface area contributed by atoms with Crippen molar-refractivity contribution in [2.24, 2.45) is 0 Å². The average molecular weight is 1860 g/mol. The Bertz CT molecular complexity index is 6500. The highest BCUT2D eigenvalue weighted by Gasteiger charge is 2.15. The molecule has 704 valence electrons. The molecule has 0 fully saturated rings. The highest BCUT2D eigenvalue weighted by atomic mass is 14.9. The Hall–Kier alpha value is -17.6. The molecule has 0 aliphatic rings. The molecule has 0 spiro atoms. The van der Waals surface area contributed by atoms with Crippen LogP contribution in [-0.4, -0.2) is 89.7 Å². The van der Waals surface area contributed by atoms with Crippen molar-refractivity contribution < 1.29 is 0 Å². The van der Waals surface area contributed by atoms with Gasteiger partial charge in [-0.05, 0) is 129 Å². The molecule has 141 heavy (non-hydrogen) atoms. The Kier molecular flexibility index (Phi) is 42.6. The van der Waals surface area contributed by atoms with Crippen LogP contribution in [0.1, 0.15) is 263 Å². The summed E-state index contributed by atoms with van der Waals surface area (Å²) in [4.78, 5) is 77.2. The molecule has 17 aromatic rings. The summed E-state index contributed by atoms with van der Waals surface area (Å²) in [7, 11) is 0. The van der Waals surface area contributed by atoms with E-state index in [4.69, 9.17) is 41.5 Å². The van der Waals surface area contributed by atoms with Crippen molar-refractivity contribution in [2.45, 2.75) is 178 Å². The summed E-state index contributed by atoms with van der Waals surface area (Å²) < 4.78 is 0. The van der Waals surface area contributed by atoms with Crippen LogP contribution in [0.2, 0.25) is 0 Å². The molecule has 0 bridgehead atoms. The number of hydrogen-bond acceptors (Lipinski definition) is 24. The number of rotatable bonds is 17. The summed E-state index contributed by atoms with van der Waals surface area (Å²) in [5.74, 6) is 10.1. The Morgan fingerprint density at radius 3 is 0.723 bits per heavy atom. The zero-order valence-electron chi connectivity index (χ0n) is 83.0. The molecule has 8 aromatic carbocycles. The van der Waals surface area contributed by atoms with Crippen molar-refractivity contribution in [3.05, 3.63) is 409 Å². The molecule has 0 aliphatic carbocycles. The van der Waals surface area contributed by atoms with E-state index in [-0.39, 0.29) is 5.82 Å². The maximum atomic E-state index is 8.84. The van der Waals surface area contributed by atoms with Gasteiger partial charge in [0.1, 0.15) is 41.3 Å². The first-order valence-electron chi connectivity index (χ1n) is 46.6. The molecule has 0 amide bonds. The van der Waals surface area contributed by atoms with Gasteiger partial charge in [0.25, 0.3) is 0 Å². The zero-order chi connectivity index (χ0) is 102. The van der Waals surface area contributed by atoms with Gasteiger partial charge in [-0.15, -0.1) is 0 Å². The molecule has 0 unspecified atom stereocenters. The zero-order valence-corrected chi connectivity index (χ0v) is 83.0. The largest absolute Gasteiger partial charge is 0.240 e. The smallest absolute Gasteiger partial charge is 0.232 e. The summed E-state index contributed by atoms with van der Waals surface area (Å²) in [5, 5.41) is 51.9. The second-order valence-electron chi connectivity index (χ2n) is 35.0. The number of hydrogen-bond donors (Lipinski definition) is 0. The lowest BCUT2D eigenvalue weighted by molar-refractivity contribution is 0.772. The van der Waals surface area contributed by atoms with E-state index in [9.17, 15) is 0 Å². The van der Waals surface area contributed by atoms with Crippen molar-refractivity contribution in [3.63, 3.8) is 0 Å². The van der Waals surface area contributed by atoms with Crippen LogP contribution in [0.15, 0.2) is 324 Å². The van der Waals surface area contributed by atoms with Gasteiger partial charge in [-0.3, -0.25) is 0 Å². The molecule has 0 saturated carbocycles. The first-order chi connectivity index (χ1) is 68.1. The van der Waals surface area contributed by atoms with Gasteiger partial charge in [-0.25, -0.2) is 89.7 Å². The van der Waals surface area contributed by atoms with Crippen LogP contribution in [0.3, 0.4) is 0 Å². The predicted octanol–water partition coefficient (Wildman–Crippen LogP) is 27.0. The third-order valence-electron chi connectivity index (χ3n) is 21.1. The maximum absolute atomic E-state index is 8.84. The fourth-order valence-corrected chi connectivity index (χ4v) is 12.5. The van der Waals surface area contributed by atoms with Crippen molar-refractivity contribution >= 4 is 0 Å². The second-order valence-corrected chi connectivity index (χ2v) is 35.0. The van der Waals surface area contributed by atoms with E-state index in [1.807, 2.05) is 227 Å². The predicted molar refractivity (Wildman–Crippen MR) is 557 cm³/mol. The average Bonchev–Trinajstić information content (AvgIpc) is 0.818. The monoisotopic (exact) mass is 1860 g/mol. The first kappa shape index (κ1) is 107. The third-order valence-corrected chi connectivity index (χ3v) is 21.1. The molecule has 24 nitrogen and oxygen atoms in total. The van der Waals surface area contributed by atoms with Gasteiger partial charge in [0.15, 0.2) is 17.5 Å². The third kappa shape index (κ3) is 34.6. The molecular weight excluding hydrogens is 1740 g/mol. The number of aromatic nitrogens is 18. The quantitative estimate of drug-likeness (QED) is 0.0817. The lowest BCUT2D eigenvalue weighted by Gasteiger charge is -2.10. The van der Waals surface area contributed by atoms with E-state index in [0.29, 0.717) is 92.7 Å². The summed E-state index contributed by atoms with van der Waals surface area (Å²) in [6.45, 7) is 37.6. The Morgan fingerprint density at radius 1 is 0.170 bits per heavy atom. The highest BCUT2D eigenvalue weighted by Crippen LogP contribution is 2.29. The summed E-state index contributed by atoms with van der Waals surface area (Å²) in [5.41, 5.74) is 20.8. The summed E-state index contributed by atoms with van der Waals surface area (Å²) in [6, 6.07) is 84.5. The van der Waals surface area contributed by atoms with Crippen LogP contribution in [0.4, 0.5) is 0 Å². The van der Waals surface area contributed by atoms with E-state index in [2.05, 4.69) is 257 Å². The highest BCUT2D eigenvalue weighted by molar-refractivity contribution is 5.69. The molecule has 0 aliphatic heterocycles. The first-order valence-corrected chi connectivity index (χ1v) is 46.6. The van der Waals surface area contributed by atoms with Crippen LogP contribution >= 0.6 is 0 Å². The van der Waals surface area contributed by atoms with Crippen LogP contribution in [0, 0.1) is 68.0 Å². The van der Waals surface area contributed by atoms with Gasteiger partial charge < -0.3 is 0 Å². The van der Waals surface area contributed by atoms with Crippen molar-refractivity contribution in [3.8, 4) is 126 Å². The van der Waals surface area contributed by atoms with Crippen LogP contribution in [0.25, 0.3) is 90.1 Å². The molecule has 9 aromatic heterocycles. The Balaban J connectivity index is 0.000000178. The molecule has 0 radical (unpaired) electrons. The molecule has 24 heteroatoms. The molecule has 9 heterocycles. The second kappa shape index (κ2) is 56.1. The van der Waals surface area contributed by atoms with E-state index < -0.39 is 0 Å². The summed E-state index contributed by atoms with van der Waals surface area (Å²) in [6.07, 6.45) is 28.7. The van der Waals surface area contributed by atoms with E-state index >= 15 is 0 Å². The van der Waals surface area contributed by atoms with Crippen molar-refractivity contribution in [1.29, 1.82) is 31.6 Å². The van der Waals surface area contributed by atoms with Crippen LogP contribution in [-0.2, 0) is 0 Å². The van der Waals surface area contributed by atoms with Gasteiger partial charge in [-0.1, -0.05) is 282 Å². The van der Waals surface area contributed by atoms with E-state index in [0.717, 1.165) is 124 Å². The van der Waals surface area contributed by atoms with Gasteiger partial charge in [0.05, 0.1) is 63.5 Å². The standard InChI is InChI=1S/C19H18N2.4C14H13N3.2C13H14N2.2C8H9N3/c1-14(2)19-20-17(15-9-5-3-6-10-15)13-18(21-19)16-11-7-4-8-12-16;1-10(2)14-16-8-13(9-17-14)12-5-3-11(7-15)4-6-12;1-10(2)13-8-16-14(17-9-13)12-5-3-11(7-15)4-6-12;1-10(2)14-16-8-13(9-17-14)12-5-3-4-11(6-12)7-15;1-10(2)13-8-16-14(17-9-13)12-5-3-4-11(6-12)7-15;1-10(2)13-14-8-12(9-15-13)11-6-4-3-5-7-11;1-10(2)12-8-14-13(15-9-12)11-6-4-3-5-7-11;1-6(2)7-4-10-8(3-9)11-5-7;1-6(2)8-10-4-7(3-9)5-11-8/h3-14H,1-2H3;4*3-6,8-10H,1-2H3;2*3-10H,1-2H3;2*4-6H,1-2H3. The topological polar surface area (TPSA) is 375 Å². The normalized spacial score (nSPS) is 10.3. The minimum atomic E-state index is 0.231. The number of benzene rings is 8. The Morgan fingerprint density at radius 2 is 0.418 bits per heavy atom. The van der Waals surface area contributed by atoms with Gasteiger partial charge >= 0.3 is 0 Å². The fraction of sp³-hybridized carbons (Fsp3) is 0.231. The van der Waals surface area contributed by atoms with Gasteiger partial charge in [0.2, 0.25) is 5.82 Å². The lowest BCUT2D eigenvalue weighted by atomic mass is 10.1. The van der Waals surface area contributed by atoms with E-state index in [1.54, 1.807) is 79.6 Å². The van der Waals surface area contributed by atoms with Crippen LogP contribution < -0.4 is 0 Å². The molecule has 0 saturated heterocycles.